The minimum atomic E-state index is -4.29. The van der Waals surface area contributed by atoms with Crippen LogP contribution >= 0.6 is 0 Å². The summed E-state index contributed by atoms with van der Waals surface area (Å²) in [4.78, 5) is 22.5. The first-order chi connectivity index (χ1) is 19.9. The topological polar surface area (TPSA) is 157 Å². The van der Waals surface area contributed by atoms with Crippen molar-refractivity contribution in [3.8, 4) is 17.2 Å². The van der Waals surface area contributed by atoms with Crippen LogP contribution in [0.4, 0.5) is 5.69 Å². The monoisotopic (exact) mass is 611 g/mol. The van der Waals surface area contributed by atoms with Gasteiger partial charge in [0.05, 0.1) is 18.2 Å². The molecule has 0 aliphatic heterocycles. The molecule has 12 heteroatoms. The largest absolute Gasteiger partial charge is 0.507 e. The van der Waals surface area contributed by atoms with E-state index in [1.54, 1.807) is 0 Å². The highest BCUT2D eigenvalue weighted by atomic mass is 32.2. The molecule has 2 N–H and O–H groups in total. The zero-order valence-electron chi connectivity index (χ0n) is 25.3. The SMILES string of the molecule is COc1cc(/C=N\NC(=O)CCc2cc(C(C)(C)C)c(O)c(C(C)(C)C)c2)ccc1OS(=O)(=O)c1ccc([N+](=O)[O-])cc1. The minimum absolute atomic E-state index is 0.0948. The van der Waals surface area contributed by atoms with Crippen LogP contribution in [0.3, 0.4) is 0 Å². The van der Waals surface area contributed by atoms with Crippen molar-refractivity contribution < 1.29 is 32.2 Å². The molecule has 0 aliphatic rings. The number of ether oxygens (including phenoxy) is 1. The highest BCUT2D eigenvalue weighted by Gasteiger charge is 2.26. The average molecular weight is 612 g/mol. The predicted molar refractivity (Wildman–Crippen MR) is 163 cm³/mol. The van der Waals surface area contributed by atoms with E-state index in [4.69, 9.17) is 8.92 Å². The first-order valence-electron chi connectivity index (χ1n) is 13.5. The van der Waals surface area contributed by atoms with E-state index in [-0.39, 0.29) is 51.0 Å². The van der Waals surface area contributed by atoms with Gasteiger partial charge in [0.15, 0.2) is 11.5 Å². The van der Waals surface area contributed by atoms with Crippen LogP contribution in [0.1, 0.15) is 70.2 Å². The predicted octanol–water partition coefficient (Wildman–Crippen LogP) is 5.75. The quantitative estimate of drug-likeness (QED) is 0.127. The van der Waals surface area contributed by atoms with E-state index in [1.807, 2.05) is 53.7 Å². The molecule has 0 aliphatic carbocycles. The Morgan fingerprint density at radius 1 is 0.977 bits per heavy atom. The fourth-order valence-corrected chi connectivity index (χ4v) is 5.15. The molecule has 0 bridgehead atoms. The highest BCUT2D eigenvalue weighted by Crippen LogP contribution is 2.40. The summed E-state index contributed by atoms with van der Waals surface area (Å²) in [5, 5.41) is 25.7. The van der Waals surface area contributed by atoms with E-state index in [0.29, 0.717) is 12.0 Å². The number of aryl methyl sites for hydroxylation is 1. The molecule has 3 rings (SSSR count). The molecule has 0 saturated heterocycles. The number of rotatable bonds is 10. The number of nitrogens with zero attached hydrogens (tertiary/aromatic N) is 2. The minimum Gasteiger partial charge on any atom is -0.507 e. The Morgan fingerprint density at radius 2 is 1.56 bits per heavy atom. The van der Waals surface area contributed by atoms with Crippen molar-refractivity contribution in [3.63, 3.8) is 0 Å². The summed E-state index contributed by atoms with van der Waals surface area (Å²) in [7, 11) is -2.95. The number of hydrogen-bond donors (Lipinski definition) is 2. The second-order valence-corrected chi connectivity index (χ2v) is 13.6. The van der Waals surface area contributed by atoms with Gasteiger partial charge >= 0.3 is 10.1 Å². The summed E-state index contributed by atoms with van der Waals surface area (Å²) in [5.74, 6) is -0.0220. The summed E-state index contributed by atoms with van der Waals surface area (Å²) in [5.41, 5.74) is 4.79. The van der Waals surface area contributed by atoms with E-state index >= 15 is 0 Å². The van der Waals surface area contributed by atoms with Crippen LogP contribution in [0.2, 0.25) is 0 Å². The number of carbonyl (C=O) groups excluding carboxylic acids is 1. The molecule has 43 heavy (non-hydrogen) atoms. The van der Waals surface area contributed by atoms with Gasteiger partial charge in [0.2, 0.25) is 5.91 Å². The number of nitro groups is 1. The maximum atomic E-state index is 12.7. The molecule has 1 amide bonds. The van der Waals surface area contributed by atoms with Crippen molar-refractivity contribution >= 4 is 27.9 Å². The van der Waals surface area contributed by atoms with Crippen LogP contribution in [0, 0.1) is 10.1 Å². The number of carbonyl (C=O) groups is 1. The fraction of sp³-hybridized carbons (Fsp3) is 0.355. The zero-order chi connectivity index (χ0) is 32.2. The Morgan fingerprint density at radius 3 is 2.07 bits per heavy atom. The van der Waals surface area contributed by atoms with Crippen molar-refractivity contribution in [1.29, 1.82) is 0 Å². The van der Waals surface area contributed by atoms with Crippen molar-refractivity contribution in [3.05, 3.63) is 87.0 Å². The standard InChI is InChI=1S/C31H37N3O8S/c1-30(2,3)24-16-20(17-25(29(24)36)31(4,5)6)9-15-28(35)33-32-19-21-8-14-26(27(18-21)41-7)42-43(39,40)23-12-10-22(11-13-23)34(37)38/h8,10-14,16-19,36H,9,15H2,1-7H3,(H,33,35)/b32-19-. The molecule has 0 aromatic heterocycles. The summed E-state index contributed by atoms with van der Waals surface area (Å²) in [6.07, 6.45) is 2.01. The van der Waals surface area contributed by atoms with E-state index < -0.39 is 15.0 Å². The van der Waals surface area contributed by atoms with Crippen LogP contribution in [0.25, 0.3) is 0 Å². The molecule has 0 heterocycles. The van der Waals surface area contributed by atoms with E-state index in [9.17, 15) is 28.4 Å². The average Bonchev–Trinajstić information content (AvgIpc) is 2.91. The summed E-state index contributed by atoms with van der Waals surface area (Å²) in [6, 6.07) is 12.6. The number of aromatic hydroxyl groups is 1. The van der Waals surface area contributed by atoms with Crippen LogP contribution < -0.4 is 14.3 Å². The van der Waals surface area contributed by atoms with Gasteiger partial charge in [-0.3, -0.25) is 14.9 Å². The van der Waals surface area contributed by atoms with Crippen molar-refractivity contribution in [2.45, 2.75) is 70.1 Å². The lowest BCUT2D eigenvalue weighted by Crippen LogP contribution is -2.20. The number of phenols is 1. The summed E-state index contributed by atoms with van der Waals surface area (Å²) < 4.78 is 35.8. The number of phenolic OH excluding ortho intramolecular Hbond substituents is 1. The highest BCUT2D eigenvalue weighted by molar-refractivity contribution is 7.87. The first-order valence-corrected chi connectivity index (χ1v) is 14.9. The van der Waals surface area contributed by atoms with Gasteiger partial charge in [-0.2, -0.15) is 13.5 Å². The van der Waals surface area contributed by atoms with Gasteiger partial charge in [-0.15, -0.1) is 0 Å². The van der Waals surface area contributed by atoms with Crippen LogP contribution in [0.15, 0.2) is 64.6 Å². The fourth-order valence-electron chi connectivity index (χ4n) is 4.21. The molecule has 3 aromatic rings. The zero-order valence-corrected chi connectivity index (χ0v) is 26.1. The molecule has 0 spiro atoms. The molecule has 230 valence electrons. The number of nitrogens with one attached hydrogen (secondary N) is 1. The number of hydrogen-bond acceptors (Lipinski definition) is 9. The van der Waals surface area contributed by atoms with E-state index in [1.165, 1.54) is 31.5 Å². The lowest BCUT2D eigenvalue weighted by molar-refractivity contribution is -0.384. The summed E-state index contributed by atoms with van der Waals surface area (Å²) in [6.45, 7) is 12.2. The summed E-state index contributed by atoms with van der Waals surface area (Å²) >= 11 is 0. The Balaban J connectivity index is 1.67. The van der Waals surface area contributed by atoms with E-state index in [2.05, 4.69) is 10.5 Å². The third-order valence-corrected chi connectivity index (χ3v) is 7.80. The lowest BCUT2D eigenvalue weighted by Gasteiger charge is -2.28. The molecule has 3 aromatic carbocycles. The van der Waals surface area contributed by atoms with E-state index in [0.717, 1.165) is 41.0 Å². The molecule has 0 atom stereocenters. The third kappa shape index (κ3) is 8.54. The Kier molecular flexibility index (Phi) is 9.86. The van der Waals surface area contributed by atoms with Gasteiger partial charge < -0.3 is 14.0 Å². The third-order valence-electron chi connectivity index (χ3n) is 6.55. The second-order valence-electron chi connectivity index (χ2n) is 12.0. The van der Waals surface area contributed by atoms with Crippen LogP contribution in [-0.4, -0.2) is 37.7 Å². The number of non-ortho nitro benzene ring substituents is 1. The van der Waals surface area contributed by atoms with Gasteiger partial charge in [0.1, 0.15) is 10.6 Å². The van der Waals surface area contributed by atoms with Crippen molar-refractivity contribution in [1.82, 2.24) is 5.43 Å². The van der Waals surface area contributed by atoms with Crippen molar-refractivity contribution in [2.24, 2.45) is 5.10 Å². The van der Waals surface area contributed by atoms with Gasteiger partial charge in [0, 0.05) is 18.6 Å². The number of methoxy groups -OCH3 is 1. The Hall–Kier alpha value is -4.45. The van der Waals surface area contributed by atoms with Gasteiger partial charge in [-0.25, -0.2) is 5.43 Å². The van der Waals surface area contributed by atoms with Gasteiger partial charge in [-0.1, -0.05) is 53.7 Å². The number of hydrazone groups is 1. The number of nitro benzene ring substituents is 1. The molecule has 0 unspecified atom stereocenters. The molecule has 0 radical (unpaired) electrons. The number of benzene rings is 3. The maximum Gasteiger partial charge on any atom is 0.339 e. The van der Waals surface area contributed by atoms with Crippen molar-refractivity contribution in [2.75, 3.05) is 7.11 Å². The molecule has 0 fully saturated rings. The van der Waals surface area contributed by atoms with Gasteiger partial charge in [0.25, 0.3) is 5.69 Å². The second kappa shape index (κ2) is 12.8. The molecular formula is C31H37N3O8S. The first kappa shape index (κ1) is 33.1. The Bertz CT molecular complexity index is 1600. The van der Waals surface area contributed by atoms with Gasteiger partial charge in [-0.05, 0) is 69.8 Å². The van der Waals surface area contributed by atoms with Crippen LogP contribution in [-0.2, 0) is 32.2 Å². The molecule has 11 nitrogen and oxygen atoms in total. The maximum absolute atomic E-state index is 12.7. The lowest BCUT2D eigenvalue weighted by atomic mass is 9.78. The normalized spacial score (nSPS) is 12.3. The smallest absolute Gasteiger partial charge is 0.339 e. The molecular weight excluding hydrogens is 574 g/mol. The Labute approximate surface area is 251 Å². The van der Waals surface area contributed by atoms with Crippen LogP contribution in [0.5, 0.6) is 17.2 Å². The number of amides is 1. The molecule has 0 saturated carbocycles.